The molecule has 0 spiro atoms. The van der Waals surface area contributed by atoms with Crippen LogP contribution in [0, 0.1) is 0 Å². The van der Waals surface area contributed by atoms with Crippen molar-refractivity contribution < 1.29 is 9.59 Å². The van der Waals surface area contributed by atoms with Crippen molar-refractivity contribution >= 4 is 23.2 Å². The maximum absolute atomic E-state index is 13.0. The number of benzene rings is 3. The zero-order valence-electron chi connectivity index (χ0n) is 19.0. The Morgan fingerprint density at radius 1 is 0.906 bits per heavy atom. The van der Waals surface area contributed by atoms with E-state index < -0.39 is 0 Å². The van der Waals surface area contributed by atoms with Crippen molar-refractivity contribution in [3.8, 4) is 0 Å². The van der Waals surface area contributed by atoms with Crippen molar-refractivity contribution in [1.82, 2.24) is 5.32 Å². The van der Waals surface area contributed by atoms with Crippen molar-refractivity contribution in [2.24, 2.45) is 0 Å². The Labute approximate surface area is 190 Å². The molecule has 5 heteroatoms. The van der Waals surface area contributed by atoms with Gasteiger partial charge in [-0.1, -0.05) is 67.6 Å². The lowest BCUT2D eigenvalue weighted by molar-refractivity contribution is -0.117. The Morgan fingerprint density at radius 2 is 1.56 bits per heavy atom. The Bertz CT molecular complexity index is 1030. The molecule has 0 aliphatic carbocycles. The molecule has 0 aromatic heterocycles. The minimum Gasteiger partial charge on any atom is -0.377 e. The predicted octanol–water partition coefficient (Wildman–Crippen LogP) is 4.86. The van der Waals surface area contributed by atoms with Gasteiger partial charge in [-0.25, -0.2) is 0 Å². The molecule has 0 aliphatic heterocycles. The molecule has 5 nitrogen and oxygen atoms in total. The highest BCUT2D eigenvalue weighted by molar-refractivity contribution is 6.02. The van der Waals surface area contributed by atoms with Crippen LogP contribution in [0.3, 0.4) is 0 Å². The number of nitrogens with one attached hydrogen (secondary N) is 2. The number of amides is 2. The zero-order valence-corrected chi connectivity index (χ0v) is 19.0. The molecule has 2 amide bonds. The highest BCUT2D eigenvalue weighted by Gasteiger charge is 2.20. The molecule has 0 fully saturated rings. The van der Waals surface area contributed by atoms with E-state index in [0.717, 1.165) is 17.7 Å². The maximum atomic E-state index is 13.0. The molecule has 0 radical (unpaired) electrons. The standard InChI is InChI=1S/C27H31N3O2/c1-4-23(21-13-9-6-10-14-21)27(32)29-22-15-16-25(30(2)3)24(19-22)26(31)28-18-17-20-11-7-5-8-12-20/h5-16,19,23H,4,17-18H2,1-3H3,(H,28,31)(H,29,32). The van der Waals surface area contributed by atoms with Crippen molar-refractivity contribution in [1.29, 1.82) is 0 Å². The van der Waals surface area contributed by atoms with Gasteiger partial charge >= 0.3 is 0 Å². The first kappa shape index (κ1) is 23.1. The molecule has 3 aromatic carbocycles. The third-order valence-electron chi connectivity index (χ3n) is 5.46. The molecule has 1 atom stereocenters. The number of anilines is 2. The summed E-state index contributed by atoms with van der Waals surface area (Å²) in [6.07, 6.45) is 1.45. The number of hydrogen-bond acceptors (Lipinski definition) is 3. The first-order valence-corrected chi connectivity index (χ1v) is 11.0. The van der Waals surface area contributed by atoms with E-state index in [0.29, 0.717) is 24.2 Å². The second kappa shape index (κ2) is 11.1. The SMILES string of the molecule is CCC(C(=O)Nc1ccc(N(C)C)c(C(=O)NCCc2ccccc2)c1)c1ccccc1. The summed E-state index contributed by atoms with van der Waals surface area (Å²) in [5.41, 5.74) is 4.11. The second-order valence-corrected chi connectivity index (χ2v) is 7.98. The van der Waals surface area contributed by atoms with Gasteiger partial charge in [-0.15, -0.1) is 0 Å². The molecule has 0 bridgehead atoms. The molecule has 3 aromatic rings. The van der Waals surface area contributed by atoms with Crippen LogP contribution in [0.2, 0.25) is 0 Å². The highest BCUT2D eigenvalue weighted by Crippen LogP contribution is 2.26. The molecule has 32 heavy (non-hydrogen) atoms. The fraction of sp³-hybridized carbons (Fsp3) is 0.259. The van der Waals surface area contributed by atoms with Crippen LogP contribution >= 0.6 is 0 Å². The third-order valence-corrected chi connectivity index (χ3v) is 5.46. The zero-order chi connectivity index (χ0) is 22.9. The normalized spacial score (nSPS) is 11.5. The van der Waals surface area contributed by atoms with Crippen molar-refractivity contribution in [3.05, 3.63) is 95.6 Å². The van der Waals surface area contributed by atoms with Crippen LogP contribution in [-0.2, 0) is 11.2 Å². The molecule has 1 unspecified atom stereocenters. The van der Waals surface area contributed by atoms with Gasteiger partial charge in [0.25, 0.3) is 5.91 Å². The van der Waals surface area contributed by atoms with Gasteiger partial charge in [0.05, 0.1) is 11.5 Å². The number of carbonyl (C=O) groups excluding carboxylic acids is 2. The van der Waals surface area contributed by atoms with Gasteiger partial charge in [0, 0.05) is 32.0 Å². The first-order valence-electron chi connectivity index (χ1n) is 11.0. The topological polar surface area (TPSA) is 61.4 Å². The number of carbonyl (C=O) groups is 2. The average molecular weight is 430 g/mol. The van der Waals surface area contributed by atoms with Gasteiger partial charge in [-0.3, -0.25) is 9.59 Å². The minimum absolute atomic E-state index is 0.0771. The fourth-order valence-electron chi connectivity index (χ4n) is 3.73. The predicted molar refractivity (Wildman–Crippen MR) is 131 cm³/mol. The number of nitrogens with zero attached hydrogens (tertiary/aromatic N) is 1. The summed E-state index contributed by atoms with van der Waals surface area (Å²) >= 11 is 0. The average Bonchev–Trinajstić information content (AvgIpc) is 2.80. The number of rotatable bonds is 9. The molecule has 0 aliphatic rings. The van der Waals surface area contributed by atoms with E-state index in [1.165, 1.54) is 5.56 Å². The lowest BCUT2D eigenvalue weighted by Crippen LogP contribution is -2.28. The molecule has 0 saturated heterocycles. The van der Waals surface area contributed by atoms with Gasteiger partial charge in [0.1, 0.15) is 0 Å². The molecule has 2 N–H and O–H groups in total. The van der Waals surface area contributed by atoms with E-state index in [4.69, 9.17) is 0 Å². The van der Waals surface area contributed by atoms with Gasteiger partial charge in [-0.2, -0.15) is 0 Å². The quantitative estimate of drug-likeness (QED) is 0.511. The smallest absolute Gasteiger partial charge is 0.253 e. The third kappa shape index (κ3) is 5.97. The van der Waals surface area contributed by atoms with Crippen molar-refractivity contribution in [3.63, 3.8) is 0 Å². The highest BCUT2D eigenvalue weighted by atomic mass is 16.2. The Kier molecular flexibility index (Phi) is 8.03. The Hall–Kier alpha value is -3.60. The van der Waals surface area contributed by atoms with Crippen LogP contribution in [-0.4, -0.2) is 32.5 Å². The van der Waals surface area contributed by atoms with E-state index in [2.05, 4.69) is 10.6 Å². The van der Waals surface area contributed by atoms with Gasteiger partial charge in [-0.05, 0) is 42.2 Å². The van der Waals surface area contributed by atoms with Gasteiger partial charge in [0.15, 0.2) is 0 Å². The van der Waals surface area contributed by atoms with Crippen LogP contribution in [0.1, 0.15) is 40.7 Å². The van der Waals surface area contributed by atoms with Crippen molar-refractivity contribution in [2.75, 3.05) is 30.9 Å². The van der Waals surface area contributed by atoms with E-state index in [9.17, 15) is 9.59 Å². The van der Waals surface area contributed by atoms with E-state index in [-0.39, 0.29) is 17.7 Å². The van der Waals surface area contributed by atoms with Crippen molar-refractivity contribution in [2.45, 2.75) is 25.7 Å². The molecular weight excluding hydrogens is 398 g/mol. The summed E-state index contributed by atoms with van der Waals surface area (Å²) in [6, 6.07) is 25.3. The molecule has 0 heterocycles. The summed E-state index contributed by atoms with van der Waals surface area (Å²) in [7, 11) is 3.80. The lowest BCUT2D eigenvalue weighted by atomic mass is 9.95. The van der Waals surface area contributed by atoms with Gasteiger partial charge in [0.2, 0.25) is 5.91 Å². The van der Waals surface area contributed by atoms with Crippen LogP contribution < -0.4 is 15.5 Å². The summed E-state index contributed by atoms with van der Waals surface area (Å²) in [6.45, 7) is 2.54. The Morgan fingerprint density at radius 3 is 2.19 bits per heavy atom. The molecule has 166 valence electrons. The van der Waals surface area contributed by atoms with Crippen LogP contribution in [0.5, 0.6) is 0 Å². The molecule has 0 saturated carbocycles. The second-order valence-electron chi connectivity index (χ2n) is 7.98. The fourth-order valence-corrected chi connectivity index (χ4v) is 3.73. The van der Waals surface area contributed by atoms with Gasteiger partial charge < -0.3 is 15.5 Å². The largest absolute Gasteiger partial charge is 0.377 e. The van der Waals surface area contributed by atoms with Crippen LogP contribution in [0.4, 0.5) is 11.4 Å². The monoisotopic (exact) mass is 429 g/mol. The summed E-state index contributed by atoms with van der Waals surface area (Å²) in [4.78, 5) is 27.8. The van der Waals surface area contributed by atoms with E-state index in [1.807, 2.05) is 98.7 Å². The minimum atomic E-state index is -0.243. The first-order chi connectivity index (χ1) is 15.5. The summed E-state index contributed by atoms with van der Waals surface area (Å²) in [5, 5.41) is 6.00. The molecular formula is C27H31N3O2. The van der Waals surface area contributed by atoms with E-state index >= 15 is 0 Å². The van der Waals surface area contributed by atoms with Crippen LogP contribution in [0.15, 0.2) is 78.9 Å². The molecule has 3 rings (SSSR count). The summed E-state index contributed by atoms with van der Waals surface area (Å²) < 4.78 is 0. The van der Waals surface area contributed by atoms with E-state index in [1.54, 1.807) is 6.07 Å². The number of hydrogen-bond donors (Lipinski definition) is 2. The lowest BCUT2D eigenvalue weighted by Gasteiger charge is -2.20. The van der Waals surface area contributed by atoms with Crippen LogP contribution in [0.25, 0.3) is 0 Å². The Balaban J connectivity index is 1.73. The summed E-state index contributed by atoms with van der Waals surface area (Å²) in [5.74, 6) is -0.476. The maximum Gasteiger partial charge on any atom is 0.253 e.